The zero-order chi connectivity index (χ0) is 50.0. The molecule has 0 radical (unpaired) electrons. The number of rotatable bonds is 13. The molecule has 1 fully saturated rings. The van der Waals surface area contributed by atoms with Crippen LogP contribution in [0.3, 0.4) is 0 Å². The summed E-state index contributed by atoms with van der Waals surface area (Å²) < 4.78 is 46.4. The van der Waals surface area contributed by atoms with E-state index in [9.17, 15) is 27.9 Å². The lowest BCUT2D eigenvalue weighted by Crippen LogP contribution is -2.70. The molecule has 13 nitrogen and oxygen atoms in total. The van der Waals surface area contributed by atoms with Crippen molar-refractivity contribution in [2.45, 2.75) is 42.1 Å². The first kappa shape index (κ1) is 46.6. The molecular weight excluding hydrogens is 979 g/mol. The number of carbonyl (C=O) groups is 3. The summed E-state index contributed by atoms with van der Waals surface area (Å²) in [7, 11) is -2.54. The smallest absolute Gasteiger partial charge is 0.352 e. The van der Waals surface area contributed by atoms with E-state index in [1.54, 1.807) is 43.4 Å². The highest BCUT2D eigenvalue weighted by Gasteiger charge is 2.54. The minimum absolute atomic E-state index is 0.0539. The number of aliphatic carboxylic acids is 1. The van der Waals surface area contributed by atoms with E-state index in [0.717, 1.165) is 69.7 Å². The van der Waals surface area contributed by atoms with Crippen molar-refractivity contribution >= 4 is 78.9 Å². The third kappa shape index (κ3) is 8.47. The molecule has 366 valence electrons. The van der Waals surface area contributed by atoms with Crippen molar-refractivity contribution in [1.29, 1.82) is 0 Å². The summed E-state index contributed by atoms with van der Waals surface area (Å²) in [5.41, 5.74) is 9.65. The first-order valence-corrected chi connectivity index (χ1v) is 27.4. The maximum absolute atomic E-state index is 14.9. The number of β-lactam (4-membered cyclic amide) rings is 1. The van der Waals surface area contributed by atoms with E-state index in [1.165, 1.54) is 43.4 Å². The Kier molecular flexibility index (Phi) is 12.0. The SMILES string of the molecule is CN(Cc1ccc(OCC2=C(C(=O)O)N3C(=O)[C@@H](NC(=O)Cc4cccs4)C3SC2)cc1)S(=O)(=O)c1ccccc1-c1c2ccc(=[N+]3CCc4ccccc43)cc-2oc2cc(N3CCc4ccccc43)ccc12. The number of ether oxygens (including phenoxy) is 1. The Balaban J connectivity index is 0.810. The Morgan fingerprint density at radius 3 is 2.49 bits per heavy atom. The van der Waals surface area contributed by atoms with Crippen LogP contribution in [0.25, 0.3) is 33.4 Å². The summed E-state index contributed by atoms with van der Waals surface area (Å²) in [5, 5.41) is 16.1. The van der Waals surface area contributed by atoms with Crippen molar-refractivity contribution in [1.82, 2.24) is 19.1 Å². The van der Waals surface area contributed by atoms with Crippen LogP contribution in [0.5, 0.6) is 5.75 Å². The van der Waals surface area contributed by atoms with Gasteiger partial charge in [-0.05, 0) is 71.5 Å². The lowest BCUT2D eigenvalue weighted by Gasteiger charge is -2.49. The number of carboxylic acids is 1. The molecule has 1 aromatic heterocycles. The van der Waals surface area contributed by atoms with Crippen molar-refractivity contribution in [2.24, 2.45) is 0 Å². The van der Waals surface area contributed by atoms with Gasteiger partial charge in [0, 0.05) is 100.0 Å². The molecule has 1 unspecified atom stereocenters. The summed E-state index contributed by atoms with van der Waals surface area (Å²) in [4.78, 5) is 43.0. The van der Waals surface area contributed by atoms with Gasteiger partial charge in [-0.1, -0.05) is 72.8 Å². The fourth-order valence-corrected chi connectivity index (χ4v) is 14.0. The van der Waals surface area contributed by atoms with Gasteiger partial charge in [0.1, 0.15) is 40.8 Å². The normalized spacial score (nSPS) is 18.0. The van der Waals surface area contributed by atoms with Crippen LogP contribution in [-0.2, 0) is 50.2 Å². The summed E-state index contributed by atoms with van der Waals surface area (Å²) in [6.45, 7) is 1.64. The number of nitrogens with one attached hydrogen (secondary N) is 1. The van der Waals surface area contributed by atoms with E-state index in [0.29, 0.717) is 39.5 Å². The highest BCUT2D eigenvalue weighted by molar-refractivity contribution is 8.00. The number of carbonyl (C=O) groups excluding carboxylic acids is 2. The second-order valence-electron chi connectivity index (χ2n) is 18.6. The number of carboxylic acid groups (broad SMARTS) is 1. The molecule has 5 aliphatic heterocycles. The van der Waals surface area contributed by atoms with Crippen LogP contribution in [0.1, 0.15) is 21.6 Å². The molecule has 6 aromatic rings. The highest BCUT2D eigenvalue weighted by atomic mass is 32.2. The standard InChI is InChI=1S/C57H47N5O8S3/c1-59(32-35-16-20-41(21-17-35)69-33-38-34-72-56-53(55(64)62(56)54(38)57(65)66)58-51(63)31-42-11-8-28-71-42)73(67,68)50-15-7-4-12-45(50)52-43-22-18-39(60-26-24-36-9-2-5-13-46(36)60)29-48(43)70-49-30-40(19-23-44(49)52)61-27-25-37-10-3-6-14-47(37)61/h2-23,28-30,53,56H,24-27,31-34H2,1H3,(H-,58,63,65,66)/p+1/t53-,56?/m1/s1. The van der Waals surface area contributed by atoms with Crippen LogP contribution in [0.4, 0.5) is 17.1 Å². The van der Waals surface area contributed by atoms with Gasteiger partial charge in [-0.2, -0.15) is 8.88 Å². The molecular formula is C57H48N5O8S3+. The van der Waals surface area contributed by atoms with Crippen molar-refractivity contribution < 1.29 is 37.1 Å². The van der Waals surface area contributed by atoms with Crippen LogP contribution < -0.4 is 24.9 Å². The predicted octanol–water partition coefficient (Wildman–Crippen LogP) is 8.80. The van der Waals surface area contributed by atoms with Crippen LogP contribution >= 0.6 is 23.1 Å². The van der Waals surface area contributed by atoms with Crippen molar-refractivity contribution in [3.63, 3.8) is 0 Å². The van der Waals surface area contributed by atoms with Gasteiger partial charge in [0.2, 0.25) is 27.0 Å². The second kappa shape index (κ2) is 18.8. The third-order valence-corrected chi connectivity index (χ3v) is 18.2. The van der Waals surface area contributed by atoms with Gasteiger partial charge in [-0.15, -0.1) is 23.1 Å². The molecule has 0 spiro atoms. The van der Waals surface area contributed by atoms with Gasteiger partial charge in [-0.25, -0.2) is 13.2 Å². The number of fused-ring (bicyclic) bond motifs is 5. The van der Waals surface area contributed by atoms with Gasteiger partial charge in [-0.3, -0.25) is 14.5 Å². The van der Waals surface area contributed by atoms with Gasteiger partial charge in [0.15, 0.2) is 6.54 Å². The summed E-state index contributed by atoms with van der Waals surface area (Å²) in [6.07, 6.45) is 2.02. The lowest BCUT2D eigenvalue weighted by atomic mass is 9.93. The number of thiophene rings is 1. The Bertz CT molecular complexity index is 3720. The molecule has 16 heteroatoms. The Hall–Kier alpha value is -7.50. The molecule has 5 aromatic carbocycles. The largest absolute Gasteiger partial charge is 0.489 e. The summed E-state index contributed by atoms with van der Waals surface area (Å²) in [6, 6.07) is 46.3. The van der Waals surface area contributed by atoms with Crippen LogP contribution in [0.2, 0.25) is 0 Å². The van der Waals surface area contributed by atoms with E-state index in [-0.39, 0.29) is 36.1 Å². The molecule has 1 aliphatic carbocycles. The molecule has 2 atom stereocenters. The molecule has 1 saturated heterocycles. The number of hydrogen-bond donors (Lipinski definition) is 2. The molecule has 0 bridgehead atoms. The number of para-hydroxylation sites is 2. The maximum Gasteiger partial charge on any atom is 0.352 e. The van der Waals surface area contributed by atoms with E-state index in [4.69, 9.17) is 9.15 Å². The van der Waals surface area contributed by atoms with Gasteiger partial charge < -0.3 is 24.5 Å². The average molecular weight is 1030 g/mol. The fraction of sp³-hybridized carbons (Fsp3) is 0.193. The van der Waals surface area contributed by atoms with Crippen LogP contribution in [-0.4, -0.2) is 84.4 Å². The lowest BCUT2D eigenvalue weighted by molar-refractivity contribution is -0.150. The highest BCUT2D eigenvalue weighted by Crippen LogP contribution is 2.45. The second-order valence-corrected chi connectivity index (χ2v) is 22.7. The molecule has 0 saturated carbocycles. The van der Waals surface area contributed by atoms with Gasteiger partial charge in [0.05, 0.1) is 17.4 Å². The topological polar surface area (TPSA) is 153 Å². The maximum atomic E-state index is 14.9. The first-order valence-electron chi connectivity index (χ1n) is 24.0. The van der Waals surface area contributed by atoms with Gasteiger partial charge in [0.25, 0.3) is 5.91 Å². The Morgan fingerprint density at radius 1 is 0.877 bits per heavy atom. The number of sulfonamides is 1. The quantitative estimate of drug-likeness (QED) is 0.0651. The third-order valence-electron chi connectivity index (χ3n) is 14.2. The predicted molar refractivity (Wildman–Crippen MR) is 284 cm³/mol. The van der Waals surface area contributed by atoms with E-state index in [2.05, 4.69) is 87.6 Å². The Labute approximate surface area is 429 Å². The van der Waals surface area contributed by atoms with E-state index in [1.807, 2.05) is 41.8 Å². The van der Waals surface area contributed by atoms with Crippen molar-refractivity contribution in [3.8, 4) is 28.2 Å². The van der Waals surface area contributed by atoms with Crippen molar-refractivity contribution in [3.05, 3.63) is 189 Å². The molecule has 6 heterocycles. The Morgan fingerprint density at radius 2 is 1.67 bits per heavy atom. The number of hydrogen-bond acceptors (Lipinski definition) is 10. The molecule has 6 aliphatic rings. The monoisotopic (exact) mass is 1030 g/mol. The molecule has 2 N–H and O–H groups in total. The average Bonchev–Trinajstić information content (AvgIpc) is 4.20. The van der Waals surface area contributed by atoms with E-state index < -0.39 is 33.3 Å². The van der Waals surface area contributed by atoms with Gasteiger partial charge >= 0.3 is 5.97 Å². The summed E-state index contributed by atoms with van der Waals surface area (Å²) >= 11 is 2.83. The number of thioether (sulfide) groups is 1. The van der Waals surface area contributed by atoms with Crippen LogP contribution in [0, 0.1) is 0 Å². The number of anilines is 2. The molecule has 73 heavy (non-hydrogen) atoms. The zero-order valence-electron chi connectivity index (χ0n) is 39.6. The fourth-order valence-electron chi connectivity index (χ4n) is 10.6. The molecule has 2 amide bonds. The number of amides is 2. The minimum Gasteiger partial charge on any atom is -0.489 e. The number of benzene rings is 6. The van der Waals surface area contributed by atoms with Crippen molar-refractivity contribution in [2.75, 3.05) is 37.4 Å². The minimum atomic E-state index is -4.11. The number of nitrogens with zero attached hydrogens (tertiary/aromatic N) is 4. The van der Waals surface area contributed by atoms with E-state index >= 15 is 0 Å². The first-order chi connectivity index (χ1) is 35.5. The summed E-state index contributed by atoms with van der Waals surface area (Å²) in [5.74, 6) is -0.641. The zero-order valence-corrected chi connectivity index (χ0v) is 42.0. The van der Waals surface area contributed by atoms with Crippen LogP contribution in [0.15, 0.2) is 172 Å². The molecule has 12 rings (SSSR count).